The van der Waals surface area contributed by atoms with E-state index in [1.165, 1.54) is 0 Å². The second-order valence-corrected chi connectivity index (χ2v) is 6.49. The SMILES string of the molecule is CC(C)CCN(C(=O)NC(C)(C)CC(=O)O)C1CC1. The molecule has 0 aromatic rings. The van der Waals surface area contributed by atoms with Crippen LogP contribution in [0.5, 0.6) is 0 Å². The summed E-state index contributed by atoms with van der Waals surface area (Å²) in [5.41, 5.74) is -0.714. The minimum absolute atomic E-state index is 0.0680. The van der Waals surface area contributed by atoms with Crippen molar-refractivity contribution in [3.05, 3.63) is 0 Å². The van der Waals surface area contributed by atoms with Gasteiger partial charge in [0.2, 0.25) is 0 Å². The first-order valence-corrected chi connectivity index (χ1v) is 7.02. The van der Waals surface area contributed by atoms with Crippen molar-refractivity contribution in [2.24, 2.45) is 5.92 Å². The number of carbonyl (C=O) groups excluding carboxylic acids is 1. The fourth-order valence-electron chi connectivity index (χ4n) is 2.02. The summed E-state index contributed by atoms with van der Waals surface area (Å²) in [6.45, 7) is 8.51. The molecular weight excluding hydrogens is 244 g/mol. The Bertz CT molecular complexity index is 336. The van der Waals surface area contributed by atoms with Gasteiger partial charge in [0.15, 0.2) is 0 Å². The highest BCUT2D eigenvalue weighted by Crippen LogP contribution is 2.28. The Kier molecular flexibility index (Phi) is 5.20. The first kappa shape index (κ1) is 15.8. The maximum absolute atomic E-state index is 12.3. The molecule has 1 rings (SSSR count). The number of rotatable bonds is 7. The van der Waals surface area contributed by atoms with Crippen molar-refractivity contribution >= 4 is 12.0 Å². The molecule has 0 saturated heterocycles. The zero-order valence-corrected chi connectivity index (χ0v) is 12.4. The van der Waals surface area contributed by atoms with Crippen LogP contribution in [0, 0.1) is 5.92 Å². The number of amides is 2. The van der Waals surface area contributed by atoms with Crippen LogP contribution in [-0.2, 0) is 4.79 Å². The van der Waals surface area contributed by atoms with Gasteiger partial charge in [0.1, 0.15) is 0 Å². The van der Waals surface area contributed by atoms with Gasteiger partial charge in [-0.15, -0.1) is 0 Å². The summed E-state index contributed by atoms with van der Waals surface area (Å²) in [6.07, 6.45) is 3.03. The molecule has 0 heterocycles. The van der Waals surface area contributed by atoms with Gasteiger partial charge in [-0.3, -0.25) is 4.79 Å². The van der Waals surface area contributed by atoms with Gasteiger partial charge in [0, 0.05) is 18.1 Å². The van der Waals surface area contributed by atoms with Gasteiger partial charge in [-0.1, -0.05) is 13.8 Å². The van der Waals surface area contributed by atoms with Crippen LogP contribution >= 0.6 is 0 Å². The summed E-state index contributed by atoms with van der Waals surface area (Å²) < 4.78 is 0. The molecule has 2 N–H and O–H groups in total. The second-order valence-electron chi connectivity index (χ2n) is 6.49. The van der Waals surface area contributed by atoms with Gasteiger partial charge in [-0.2, -0.15) is 0 Å². The van der Waals surface area contributed by atoms with Crippen LogP contribution < -0.4 is 5.32 Å². The first-order chi connectivity index (χ1) is 8.71. The van der Waals surface area contributed by atoms with E-state index in [1.807, 2.05) is 4.90 Å². The fraction of sp³-hybridized carbons (Fsp3) is 0.857. The Morgan fingerprint density at radius 2 is 1.95 bits per heavy atom. The van der Waals surface area contributed by atoms with Gasteiger partial charge in [0.25, 0.3) is 0 Å². The molecule has 0 atom stereocenters. The van der Waals surface area contributed by atoms with Crippen LogP contribution in [0.25, 0.3) is 0 Å². The van der Waals surface area contributed by atoms with E-state index in [-0.39, 0.29) is 12.5 Å². The molecular formula is C14H26N2O3. The van der Waals surface area contributed by atoms with Gasteiger partial charge in [-0.25, -0.2) is 4.79 Å². The van der Waals surface area contributed by atoms with Crippen LogP contribution in [-0.4, -0.2) is 40.1 Å². The maximum atomic E-state index is 12.3. The number of carboxylic acids is 1. The first-order valence-electron chi connectivity index (χ1n) is 7.02. The molecule has 1 aliphatic carbocycles. The molecule has 1 saturated carbocycles. The predicted molar refractivity (Wildman–Crippen MR) is 74.0 cm³/mol. The van der Waals surface area contributed by atoms with Crippen molar-refractivity contribution in [3.63, 3.8) is 0 Å². The van der Waals surface area contributed by atoms with Crippen molar-refractivity contribution in [3.8, 4) is 0 Å². The summed E-state index contributed by atoms with van der Waals surface area (Å²) in [7, 11) is 0. The lowest BCUT2D eigenvalue weighted by Crippen LogP contribution is -2.52. The Balaban J connectivity index is 2.54. The lowest BCUT2D eigenvalue weighted by Gasteiger charge is -2.30. The monoisotopic (exact) mass is 270 g/mol. The smallest absolute Gasteiger partial charge is 0.318 e. The highest BCUT2D eigenvalue weighted by atomic mass is 16.4. The van der Waals surface area contributed by atoms with E-state index < -0.39 is 11.5 Å². The number of aliphatic carboxylic acids is 1. The number of urea groups is 1. The largest absolute Gasteiger partial charge is 0.481 e. The molecule has 5 nitrogen and oxygen atoms in total. The quantitative estimate of drug-likeness (QED) is 0.746. The van der Waals surface area contributed by atoms with E-state index in [0.29, 0.717) is 12.0 Å². The number of carboxylic acid groups (broad SMARTS) is 1. The lowest BCUT2D eigenvalue weighted by atomic mass is 10.0. The molecule has 0 aromatic heterocycles. The van der Waals surface area contributed by atoms with Gasteiger partial charge < -0.3 is 15.3 Å². The van der Waals surface area contributed by atoms with Crippen molar-refractivity contribution in [2.45, 2.75) is 65.0 Å². The summed E-state index contributed by atoms with van der Waals surface area (Å²) in [5.74, 6) is -0.341. The van der Waals surface area contributed by atoms with Gasteiger partial charge >= 0.3 is 12.0 Å². The van der Waals surface area contributed by atoms with Crippen molar-refractivity contribution in [2.75, 3.05) is 6.54 Å². The Morgan fingerprint density at radius 3 is 2.37 bits per heavy atom. The molecule has 19 heavy (non-hydrogen) atoms. The lowest BCUT2D eigenvalue weighted by molar-refractivity contribution is -0.138. The molecule has 0 bridgehead atoms. The third-order valence-corrected chi connectivity index (χ3v) is 3.23. The molecule has 0 unspecified atom stereocenters. The zero-order valence-electron chi connectivity index (χ0n) is 12.4. The highest BCUT2D eigenvalue weighted by Gasteiger charge is 2.34. The standard InChI is InChI=1S/C14H26N2O3/c1-10(2)7-8-16(11-5-6-11)13(19)15-14(3,4)9-12(17)18/h10-11H,5-9H2,1-4H3,(H,15,19)(H,17,18). The predicted octanol–water partition coefficient (Wildman–Crippen LogP) is 2.46. The fourth-order valence-corrected chi connectivity index (χ4v) is 2.02. The van der Waals surface area contributed by atoms with E-state index >= 15 is 0 Å². The molecule has 1 aliphatic rings. The number of hydrogen-bond acceptors (Lipinski definition) is 2. The molecule has 110 valence electrons. The number of nitrogens with one attached hydrogen (secondary N) is 1. The van der Waals surface area contributed by atoms with Crippen LogP contribution in [0.2, 0.25) is 0 Å². The molecule has 1 fully saturated rings. The minimum Gasteiger partial charge on any atom is -0.481 e. The molecule has 5 heteroatoms. The van der Waals surface area contributed by atoms with Crippen molar-refractivity contribution < 1.29 is 14.7 Å². The summed E-state index contributed by atoms with van der Waals surface area (Å²) in [4.78, 5) is 24.9. The molecule has 0 radical (unpaired) electrons. The topological polar surface area (TPSA) is 69.6 Å². The molecule has 0 spiro atoms. The highest BCUT2D eigenvalue weighted by molar-refractivity contribution is 5.77. The Labute approximate surface area is 115 Å². The van der Waals surface area contributed by atoms with Crippen LogP contribution in [0.1, 0.15) is 53.4 Å². The number of nitrogens with zero attached hydrogens (tertiary/aromatic N) is 1. The average molecular weight is 270 g/mol. The van der Waals surface area contributed by atoms with E-state index in [0.717, 1.165) is 25.8 Å². The number of carbonyl (C=O) groups is 2. The molecule has 2 amide bonds. The Hall–Kier alpha value is -1.26. The molecule has 0 aliphatic heterocycles. The maximum Gasteiger partial charge on any atom is 0.318 e. The average Bonchev–Trinajstić information content (AvgIpc) is 2.97. The third-order valence-electron chi connectivity index (χ3n) is 3.23. The second kappa shape index (κ2) is 6.26. The number of hydrogen-bond donors (Lipinski definition) is 2. The summed E-state index contributed by atoms with van der Waals surface area (Å²) in [5, 5.41) is 11.7. The van der Waals surface area contributed by atoms with Crippen LogP contribution in [0.4, 0.5) is 4.79 Å². The molecule has 0 aromatic carbocycles. The van der Waals surface area contributed by atoms with E-state index in [4.69, 9.17) is 5.11 Å². The van der Waals surface area contributed by atoms with E-state index in [1.54, 1.807) is 13.8 Å². The van der Waals surface area contributed by atoms with Crippen LogP contribution in [0.3, 0.4) is 0 Å². The van der Waals surface area contributed by atoms with Gasteiger partial charge in [0.05, 0.1) is 6.42 Å². The summed E-state index contributed by atoms with van der Waals surface area (Å²) >= 11 is 0. The minimum atomic E-state index is -0.898. The normalized spacial score (nSPS) is 15.4. The van der Waals surface area contributed by atoms with Crippen molar-refractivity contribution in [1.82, 2.24) is 10.2 Å². The van der Waals surface area contributed by atoms with Gasteiger partial charge in [-0.05, 0) is 39.0 Å². The van der Waals surface area contributed by atoms with E-state index in [2.05, 4.69) is 19.2 Å². The van der Waals surface area contributed by atoms with E-state index in [9.17, 15) is 9.59 Å². The third kappa shape index (κ3) is 5.94. The van der Waals surface area contributed by atoms with Crippen molar-refractivity contribution in [1.29, 1.82) is 0 Å². The zero-order chi connectivity index (χ0) is 14.6. The Morgan fingerprint density at radius 1 is 1.37 bits per heavy atom. The summed E-state index contributed by atoms with van der Waals surface area (Å²) in [6, 6.07) is 0.216. The van der Waals surface area contributed by atoms with Crippen LogP contribution in [0.15, 0.2) is 0 Å².